The van der Waals surface area contributed by atoms with Gasteiger partial charge in [0.1, 0.15) is 18.0 Å². The highest BCUT2D eigenvalue weighted by atomic mass is 19.4. The summed E-state index contributed by atoms with van der Waals surface area (Å²) in [5, 5.41) is 8.48. The van der Waals surface area contributed by atoms with Crippen molar-refractivity contribution in [2.45, 2.75) is 18.6 Å². The summed E-state index contributed by atoms with van der Waals surface area (Å²) in [5.41, 5.74) is 1.66. The molecule has 39 heavy (non-hydrogen) atoms. The van der Waals surface area contributed by atoms with Crippen LogP contribution in [0.3, 0.4) is 0 Å². The molecular weight excluding hydrogens is 513 g/mol. The Bertz CT molecular complexity index is 1360. The number of carbonyl (C=O) groups is 2. The molecule has 1 N–H and O–H groups in total. The Kier molecular flexibility index (Phi) is 8.08. The molecule has 1 aliphatic heterocycles. The predicted octanol–water partition coefficient (Wildman–Crippen LogP) is 5.56. The van der Waals surface area contributed by atoms with Gasteiger partial charge in [0.25, 0.3) is 5.91 Å². The van der Waals surface area contributed by atoms with Crippen molar-refractivity contribution in [3.63, 3.8) is 0 Å². The summed E-state index contributed by atoms with van der Waals surface area (Å²) in [6.07, 6.45) is -4.04. The lowest BCUT2D eigenvalue weighted by Gasteiger charge is -2.25. The van der Waals surface area contributed by atoms with Crippen molar-refractivity contribution >= 4 is 23.3 Å². The highest BCUT2D eigenvalue weighted by molar-refractivity contribution is 6.03. The number of hydrazone groups is 1. The molecular formula is C28H27F3N4O4. The minimum absolute atomic E-state index is 0.169. The molecule has 0 fully saturated rings. The Morgan fingerprint density at radius 1 is 1.00 bits per heavy atom. The molecule has 1 atom stereocenters. The molecule has 3 amide bonds. The first-order chi connectivity index (χ1) is 18.6. The lowest BCUT2D eigenvalue weighted by atomic mass is 9.98. The van der Waals surface area contributed by atoms with Gasteiger partial charge in [0.15, 0.2) is 0 Å². The summed E-state index contributed by atoms with van der Waals surface area (Å²) in [5.74, 6) is 0.891. The fourth-order valence-electron chi connectivity index (χ4n) is 4.11. The van der Waals surface area contributed by atoms with Crippen molar-refractivity contribution < 1.29 is 32.2 Å². The number of hydrogen-bond donors (Lipinski definition) is 1. The van der Waals surface area contributed by atoms with Crippen LogP contribution in [0.2, 0.25) is 0 Å². The van der Waals surface area contributed by atoms with Gasteiger partial charge < -0.3 is 19.7 Å². The molecule has 0 saturated heterocycles. The number of benzene rings is 3. The number of amides is 3. The summed E-state index contributed by atoms with van der Waals surface area (Å²) in [6, 6.07) is 17.7. The standard InChI is InChI=1S/C28H27F3N4O4/c1-34(27(37)32-21-11-9-20(10-12-21)28(29,30)31)17-26(36)35-25(18-7-13-22(38-2)14-8-18)16-24(33-35)19-5-4-6-23(15-19)39-3/h4-15,25H,16-17H2,1-3H3,(H,32,37)/t25-/m1/s1. The average Bonchev–Trinajstić information content (AvgIpc) is 3.39. The number of anilines is 1. The number of alkyl halides is 3. The number of nitrogens with zero attached hydrogens (tertiary/aromatic N) is 3. The maximum absolute atomic E-state index is 13.4. The minimum Gasteiger partial charge on any atom is -0.497 e. The zero-order chi connectivity index (χ0) is 28.2. The number of urea groups is 1. The molecule has 0 aromatic heterocycles. The summed E-state index contributed by atoms with van der Waals surface area (Å²) < 4.78 is 49.0. The van der Waals surface area contributed by atoms with Gasteiger partial charge in [-0.05, 0) is 54.1 Å². The second-order valence-corrected chi connectivity index (χ2v) is 8.87. The van der Waals surface area contributed by atoms with E-state index in [9.17, 15) is 22.8 Å². The molecule has 0 spiro atoms. The first-order valence-corrected chi connectivity index (χ1v) is 12.0. The molecule has 0 saturated carbocycles. The summed E-state index contributed by atoms with van der Waals surface area (Å²) in [4.78, 5) is 27.2. The predicted molar refractivity (Wildman–Crippen MR) is 140 cm³/mol. The molecule has 0 bridgehead atoms. The van der Waals surface area contributed by atoms with E-state index in [2.05, 4.69) is 10.4 Å². The fourth-order valence-corrected chi connectivity index (χ4v) is 4.11. The van der Waals surface area contributed by atoms with Crippen molar-refractivity contribution in [2.75, 3.05) is 33.1 Å². The molecule has 0 unspecified atom stereocenters. The van der Waals surface area contributed by atoms with Crippen molar-refractivity contribution in [1.29, 1.82) is 0 Å². The first kappa shape index (κ1) is 27.5. The van der Waals surface area contributed by atoms with Crippen LogP contribution in [0.25, 0.3) is 0 Å². The maximum Gasteiger partial charge on any atom is 0.416 e. The van der Waals surface area contributed by atoms with E-state index in [4.69, 9.17) is 9.47 Å². The van der Waals surface area contributed by atoms with E-state index in [-0.39, 0.29) is 12.2 Å². The lowest BCUT2D eigenvalue weighted by molar-refractivity contribution is -0.137. The van der Waals surface area contributed by atoms with Crippen LogP contribution in [-0.2, 0) is 11.0 Å². The number of methoxy groups -OCH3 is 2. The molecule has 4 rings (SSSR count). The van der Waals surface area contributed by atoms with Crippen LogP contribution >= 0.6 is 0 Å². The second kappa shape index (κ2) is 11.5. The maximum atomic E-state index is 13.4. The number of hydrogen-bond acceptors (Lipinski definition) is 5. The minimum atomic E-state index is -4.48. The molecule has 3 aromatic carbocycles. The van der Waals surface area contributed by atoms with Gasteiger partial charge in [-0.2, -0.15) is 18.3 Å². The van der Waals surface area contributed by atoms with Crippen LogP contribution in [0.15, 0.2) is 77.9 Å². The summed E-state index contributed by atoms with van der Waals surface area (Å²) in [7, 11) is 4.55. The SMILES string of the molecule is COc1ccc([C@H]2CC(c3cccc(OC)c3)=NN2C(=O)CN(C)C(=O)Nc2ccc(C(F)(F)F)cc2)cc1. The van der Waals surface area contributed by atoms with Crippen molar-refractivity contribution in [2.24, 2.45) is 5.10 Å². The smallest absolute Gasteiger partial charge is 0.416 e. The van der Waals surface area contributed by atoms with Crippen LogP contribution in [0.5, 0.6) is 11.5 Å². The quantitative estimate of drug-likeness (QED) is 0.425. The van der Waals surface area contributed by atoms with Crippen LogP contribution in [-0.4, -0.2) is 55.4 Å². The van der Waals surface area contributed by atoms with E-state index in [0.29, 0.717) is 23.6 Å². The average molecular weight is 541 g/mol. The largest absolute Gasteiger partial charge is 0.497 e. The number of ether oxygens (including phenoxy) is 2. The van der Waals surface area contributed by atoms with Crippen molar-refractivity contribution in [1.82, 2.24) is 9.91 Å². The van der Waals surface area contributed by atoms with E-state index < -0.39 is 29.7 Å². The number of rotatable bonds is 7. The van der Waals surface area contributed by atoms with Gasteiger partial charge in [-0.1, -0.05) is 24.3 Å². The van der Waals surface area contributed by atoms with Crippen molar-refractivity contribution in [3.8, 4) is 11.5 Å². The van der Waals surface area contributed by atoms with Crippen LogP contribution in [0, 0.1) is 0 Å². The molecule has 8 nitrogen and oxygen atoms in total. The lowest BCUT2D eigenvalue weighted by Crippen LogP contribution is -2.41. The Morgan fingerprint density at radius 3 is 2.28 bits per heavy atom. The third-order valence-corrected chi connectivity index (χ3v) is 6.25. The Labute approximate surface area is 223 Å². The molecule has 1 aliphatic rings. The van der Waals surface area contributed by atoms with Gasteiger partial charge in [0.05, 0.1) is 31.5 Å². The van der Waals surface area contributed by atoms with E-state index in [1.807, 2.05) is 36.4 Å². The molecule has 3 aromatic rings. The molecule has 204 valence electrons. The van der Waals surface area contributed by atoms with Gasteiger partial charge in [0.2, 0.25) is 0 Å². The van der Waals surface area contributed by atoms with E-state index in [0.717, 1.165) is 40.3 Å². The van der Waals surface area contributed by atoms with Crippen LogP contribution in [0.4, 0.5) is 23.7 Å². The zero-order valence-electron chi connectivity index (χ0n) is 21.5. The molecule has 11 heteroatoms. The molecule has 0 aliphatic carbocycles. The molecule has 0 radical (unpaired) electrons. The van der Waals surface area contributed by atoms with Crippen molar-refractivity contribution in [3.05, 3.63) is 89.5 Å². The molecule has 1 heterocycles. The Hall–Kier alpha value is -4.54. The number of carbonyl (C=O) groups excluding carboxylic acids is 2. The van der Waals surface area contributed by atoms with Crippen LogP contribution < -0.4 is 14.8 Å². The van der Waals surface area contributed by atoms with Gasteiger partial charge >= 0.3 is 12.2 Å². The van der Waals surface area contributed by atoms with Gasteiger partial charge in [-0.15, -0.1) is 0 Å². The summed E-state index contributed by atoms with van der Waals surface area (Å²) >= 11 is 0. The van der Waals surface area contributed by atoms with Gasteiger partial charge in [0, 0.05) is 24.7 Å². The van der Waals surface area contributed by atoms with Gasteiger partial charge in [-0.3, -0.25) is 4.79 Å². The monoisotopic (exact) mass is 540 g/mol. The number of likely N-dealkylation sites (N-methyl/N-ethyl adjacent to an activating group) is 1. The second-order valence-electron chi connectivity index (χ2n) is 8.87. The normalized spacial score (nSPS) is 15.0. The van der Waals surface area contributed by atoms with Crippen LogP contribution in [0.1, 0.15) is 29.2 Å². The third kappa shape index (κ3) is 6.49. The fraction of sp³-hybridized carbons (Fsp3) is 0.250. The van der Waals surface area contributed by atoms with E-state index >= 15 is 0 Å². The van der Waals surface area contributed by atoms with E-state index in [1.165, 1.54) is 12.1 Å². The zero-order valence-corrected chi connectivity index (χ0v) is 21.5. The van der Waals surface area contributed by atoms with E-state index in [1.54, 1.807) is 26.4 Å². The highest BCUT2D eigenvalue weighted by Crippen LogP contribution is 2.34. The third-order valence-electron chi connectivity index (χ3n) is 6.25. The summed E-state index contributed by atoms with van der Waals surface area (Å²) in [6.45, 7) is -0.311. The number of halogens is 3. The first-order valence-electron chi connectivity index (χ1n) is 12.0. The van der Waals surface area contributed by atoms with Gasteiger partial charge in [-0.25, -0.2) is 9.80 Å². The highest BCUT2D eigenvalue weighted by Gasteiger charge is 2.34. The number of nitrogens with one attached hydrogen (secondary N) is 1. The Balaban J connectivity index is 1.51. The topological polar surface area (TPSA) is 83.5 Å². The Morgan fingerprint density at radius 2 is 1.67 bits per heavy atom.